The molecule has 0 spiro atoms. The molecule has 0 atom stereocenters. The molecule has 5 nitrogen and oxygen atoms in total. The van der Waals surface area contributed by atoms with Gasteiger partial charge in [-0.25, -0.2) is 5.43 Å². The highest BCUT2D eigenvalue weighted by atomic mass is 79.9. The Morgan fingerprint density at radius 2 is 1.68 bits per heavy atom. The first-order valence-corrected chi connectivity index (χ1v) is 11.2. The number of hydrogen-bond acceptors (Lipinski definition) is 4. The first kappa shape index (κ1) is 21.3. The molecule has 1 aliphatic heterocycles. The molecule has 1 aliphatic rings. The van der Waals surface area contributed by atoms with Crippen LogP contribution >= 0.6 is 15.9 Å². The molecule has 6 heteroatoms. The van der Waals surface area contributed by atoms with Crippen LogP contribution in [-0.2, 0) is 6.54 Å². The average Bonchev–Trinajstić information content (AvgIpc) is 2.81. The van der Waals surface area contributed by atoms with E-state index in [4.69, 9.17) is 0 Å². The second-order valence-corrected chi connectivity index (χ2v) is 8.47. The Labute approximate surface area is 191 Å². The van der Waals surface area contributed by atoms with Crippen LogP contribution in [0.15, 0.2) is 88.4 Å². The number of rotatable bonds is 6. The second-order valence-electron chi connectivity index (χ2n) is 7.55. The van der Waals surface area contributed by atoms with E-state index in [0.717, 1.165) is 42.8 Å². The second kappa shape index (κ2) is 10.4. The molecule has 1 N–H and O–H groups in total. The van der Waals surface area contributed by atoms with Crippen molar-refractivity contribution >= 4 is 33.7 Å². The van der Waals surface area contributed by atoms with E-state index in [1.807, 2.05) is 48.5 Å². The van der Waals surface area contributed by atoms with Gasteiger partial charge in [-0.3, -0.25) is 9.69 Å². The molecule has 1 heterocycles. The smallest absolute Gasteiger partial charge is 0.271 e. The van der Waals surface area contributed by atoms with Crippen LogP contribution < -0.4 is 10.3 Å². The number of hydrogen-bond donors (Lipinski definition) is 1. The minimum absolute atomic E-state index is 0.214. The predicted octanol–water partition coefficient (Wildman–Crippen LogP) is 4.54. The highest BCUT2D eigenvalue weighted by molar-refractivity contribution is 9.10. The maximum atomic E-state index is 12.3. The molecule has 4 rings (SSSR count). The van der Waals surface area contributed by atoms with Crippen LogP contribution in [0.1, 0.15) is 21.5 Å². The van der Waals surface area contributed by atoms with Gasteiger partial charge >= 0.3 is 0 Å². The minimum atomic E-state index is -0.214. The van der Waals surface area contributed by atoms with Gasteiger partial charge in [0.25, 0.3) is 5.91 Å². The highest BCUT2D eigenvalue weighted by Crippen LogP contribution is 2.17. The number of para-hydroxylation sites is 1. The van der Waals surface area contributed by atoms with Gasteiger partial charge in [-0.1, -0.05) is 58.4 Å². The van der Waals surface area contributed by atoms with Gasteiger partial charge in [-0.2, -0.15) is 5.10 Å². The Morgan fingerprint density at radius 3 is 2.39 bits per heavy atom. The number of piperazine rings is 1. The number of carbonyl (C=O) groups excluding carboxylic acids is 1. The van der Waals surface area contributed by atoms with E-state index < -0.39 is 0 Å². The standard InChI is InChI=1S/C25H25BrN4O/c26-23-6-4-5-21(17-23)18-27-28-25(31)22-11-9-20(10-12-22)19-29-13-15-30(16-14-29)24-7-2-1-3-8-24/h1-12,17-18H,13-16,19H2,(H,28,31)/b27-18-. The molecule has 3 aromatic rings. The summed E-state index contributed by atoms with van der Waals surface area (Å²) in [4.78, 5) is 17.2. The molecule has 0 aliphatic carbocycles. The van der Waals surface area contributed by atoms with Gasteiger partial charge in [-0.15, -0.1) is 0 Å². The van der Waals surface area contributed by atoms with Crippen molar-refractivity contribution < 1.29 is 4.79 Å². The molecule has 1 fully saturated rings. The average molecular weight is 477 g/mol. The molecular formula is C25H25BrN4O. The van der Waals surface area contributed by atoms with Gasteiger partial charge in [-0.05, 0) is 47.5 Å². The van der Waals surface area contributed by atoms with Gasteiger partial charge in [0, 0.05) is 48.4 Å². The minimum Gasteiger partial charge on any atom is -0.369 e. The van der Waals surface area contributed by atoms with Crippen molar-refractivity contribution in [3.05, 3.63) is 100 Å². The van der Waals surface area contributed by atoms with Gasteiger partial charge in [0.15, 0.2) is 0 Å². The van der Waals surface area contributed by atoms with Crippen molar-refractivity contribution in [2.45, 2.75) is 6.54 Å². The summed E-state index contributed by atoms with van der Waals surface area (Å²) in [6.45, 7) is 5.01. The van der Waals surface area contributed by atoms with Crippen LogP contribution in [0.25, 0.3) is 0 Å². The normalized spacial score (nSPS) is 14.7. The summed E-state index contributed by atoms with van der Waals surface area (Å²) >= 11 is 3.42. The molecular weight excluding hydrogens is 452 g/mol. The Bertz CT molecular complexity index is 1030. The maximum absolute atomic E-state index is 12.3. The topological polar surface area (TPSA) is 47.9 Å². The van der Waals surface area contributed by atoms with E-state index in [-0.39, 0.29) is 5.91 Å². The van der Waals surface area contributed by atoms with Crippen LogP contribution in [0.5, 0.6) is 0 Å². The van der Waals surface area contributed by atoms with Crippen LogP contribution in [-0.4, -0.2) is 43.2 Å². The molecule has 0 aromatic heterocycles. The number of amides is 1. The van der Waals surface area contributed by atoms with E-state index in [9.17, 15) is 4.79 Å². The van der Waals surface area contributed by atoms with E-state index in [1.54, 1.807) is 6.21 Å². The lowest BCUT2D eigenvalue weighted by Gasteiger charge is -2.36. The third-order valence-corrected chi connectivity index (χ3v) is 5.84. The number of hydrazone groups is 1. The molecule has 1 saturated heterocycles. The number of nitrogens with one attached hydrogen (secondary N) is 1. The fraction of sp³-hybridized carbons (Fsp3) is 0.200. The summed E-state index contributed by atoms with van der Waals surface area (Å²) in [6.07, 6.45) is 1.63. The zero-order valence-electron chi connectivity index (χ0n) is 17.2. The van der Waals surface area contributed by atoms with Crippen LogP contribution in [0.4, 0.5) is 5.69 Å². The first-order chi connectivity index (χ1) is 15.2. The molecule has 0 radical (unpaired) electrons. The fourth-order valence-corrected chi connectivity index (χ4v) is 4.06. The number of nitrogens with zero attached hydrogens (tertiary/aromatic N) is 3. The molecule has 158 valence electrons. The van der Waals surface area contributed by atoms with Crippen LogP contribution in [0, 0.1) is 0 Å². The summed E-state index contributed by atoms with van der Waals surface area (Å²) in [5.74, 6) is -0.214. The number of benzene rings is 3. The predicted molar refractivity (Wildman–Crippen MR) is 130 cm³/mol. The van der Waals surface area contributed by atoms with Crippen molar-refractivity contribution in [2.24, 2.45) is 5.10 Å². The zero-order chi connectivity index (χ0) is 21.5. The van der Waals surface area contributed by atoms with E-state index in [0.29, 0.717) is 5.56 Å². The lowest BCUT2D eigenvalue weighted by Crippen LogP contribution is -2.45. The van der Waals surface area contributed by atoms with Crippen molar-refractivity contribution in [1.29, 1.82) is 0 Å². The van der Waals surface area contributed by atoms with Gasteiger partial charge in [0.05, 0.1) is 6.21 Å². The summed E-state index contributed by atoms with van der Waals surface area (Å²) in [6, 6.07) is 26.1. The number of anilines is 1. The summed E-state index contributed by atoms with van der Waals surface area (Å²) in [5.41, 5.74) is 6.60. The van der Waals surface area contributed by atoms with Crippen LogP contribution in [0.3, 0.4) is 0 Å². The van der Waals surface area contributed by atoms with Gasteiger partial charge < -0.3 is 4.90 Å². The monoisotopic (exact) mass is 476 g/mol. The Kier molecular flexibility index (Phi) is 7.12. The van der Waals surface area contributed by atoms with Crippen molar-refractivity contribution in [3.8, 4) is 0 Å². The van der Waals surface area contributed by atoms with Gasteiger partial charge in [0.2, 0.25) is 0 Å². The van der Waals surface area contributed by atoms with Gasteiger partial charge in [0.1, 0.15) is 0 Å². The maximum Gasteiger partial charge on any atom is 0.271 e. The summed E-state index contributed by atoms with van der Waals surface area (Å²) in [5, 5.41) is 4.05. The summed E-state index contributed by atoms with van der Waals surface area (Å²) < 4.78 is 0.972. The van der Waals surface area contributed by atoms with E-state index in [2.05, 4.69) is 66.6 Å². The number of halogens is 1. The first-order valence-electron chi connectivity index (χ1n) is 10.4. The largest absolute Gasteiger partial charge is 0.369 e. The fourth-order valence-electron chi connectivity index (χ4n) is 3.64. The quantitative estimate of drug-likeness (QED) is 0.419. The molecule has 1 amide bonds. The molecule has 3 aromatic carbocycles. The van der Waals surface area contributed by atoms with Crippen molar-refractivity contribution in [1.82, 2.24) is 10.3 Å². The molecule has 0 saturated carbocycles. The summed E-state index contributed by atoms with van der Waals surface area (Å²) in [7, 11) is 0. The Hall–Kier alpha value is -2.96. The lowest BCUT2D eigenvalue weighted by atomic mass is 10.1. The van der Waals surface area contributed by atoms with Crippen LogP contribution in [0.2, 0.25) is 0 Å². The zero-order valence-corrected chi connectivity index (χ0v) is 18.8. The molecule has 31 heavy (non-hydrogen) atoms. The molecule has 0 bridgehead atoms. The van der Waals surface area contributed by atoms with E-state index in [1.165, 1.54) is 11.3 Å². The SMILES string of the molecule is O=C(N/N=C\c1cccc(Br)c1)c1ccc(CN2CCN(c3ccccc3)CC2)cc1. The molecule has 0 unspecified atom stereocenters. The third kappa shape index (κ3) is 6.03. The number of carbonyl (C=O) groups is 1. The lowest BCUT2D eigenvalue weighted by molar-refractivity contribution is 0.0955. The third-order valence-electron chi connectivity index (χ3n) is 5.34. The van der Waals surface area contributed by atoms with Crippen molar-refractivity contribution in [3.63, 3.8) is 0 Å². The Balaban J connectivity index is 1.26. The highest BCUT2D eigenvalue weighted by Gasteiger charge is 2.17. The van der Waals surface area contributed by atoms with Crippen molar-refractivity contribution in [2.75, 3.05) is 31.1 Å². The van der Waals surface area contributed by atoms with E-state index >= 15 is 0 Å². The Morgan fingerprint density at radius 1 is 0.935 bits per heavy atom.